The minimum Gasteiger partial charge on any atom is -0.309 e. The number of para-hydroxylation sites is 1. The molecule has 2 nitrogen and oxygen atoms in total. The summed E-state index contributed by atoms with van der Waals surface area (Å²) in [6, 6.07) is 10.8. The first kappa shape index (κ1) is 15.5. The molecule has 0 amide bonds. The molecule has 1 N–H and O–H groups in total. The molecule has 2 rings (SSSR count). The van der Waals surface area contributed by atoms with Gasteiger partial charge in [0.1, 0.15) is 0 Å². The number of benzene rings is 1. The molecule has 0 aliphatic carbocycles. The lowest BCUT2D eigenvalue weighted by Gasteiger charge is -2.19. The number of rotatable bonds is 7. The Hall–Kier alpha value is -1.85. The number of nitrogens with zero attached hydrogens (tertiary/aromatic N) is 1. The maximum absolute atomic E-state index is 5.37. The number of pyridine rings is 1. The zero-order valence-corrected chi connectivity index (χ0v) is 13.0. The summed E-state index contributed by atoms with van der Waals surface area (Å²) in [6.07, 6.45) is 9.39. The van der Waals surface area contributed by atoms with Crippen LogP contribution in [0.4, 0.5) is 0 Å². The minimum absolute atomic E-state index is 0.293. The van der Waals surface area contributed by atoms with Crippen molar-refractivity contribution in [3.8, 4) is 12.3 Å². The first-order chi connectivity index (χ1) is 10.3. The summed E-state index contributed by atoms with van der Waals surface area (Å²) in [5, 5.41) is 4.84. The largest absolute Gasteiger partial charge is 0.309 e. The van der Waals surface area contributed by atoms with Crippen LogP contribution >= 0.6 is 0 Å². The van der Waals surface area contributed by atoms with Crippen molar-refractivity contribution in [3.63, 3.8) is 0 Å². The number of fused-ring (bicyclic) bond motifs is 1. The maximum atomic E-state index is 5.37. The molecule has 1 atom stereocenters. The lowest BCUT2D eigenvalue weighted by molar-refractivity contribution is 0.478. The van der Waals surface area contributed by atoms with E-state index < -0.39 is 0 Å². The zero-order valence-electron chi connectivity index (χ0n) is 13.0. The average Bonchev–Trinajstić information content (AvgIpc) is 2.50. The van der Waals surface area contributed by atoms with Crippen LogP contribution in [-0.4, -0.2) is 11.5 Å². The van der Waals surface area contributed by atoms with Crippen molar-refractivity contribution in [2.75, 3.05) is 6.54 Å². The van der Waals surface area contributed by atoms with Gasteiger partial charge < -0.3 is 5.32 Å². The molecular formula is C19H24N2. The highest BCUT2D eigenvalue weighted by Gasteiger charge is 2.13. The number of aryl methyl sites for hydroxylation is 1. The third kappa shape index (κ3) is 4.06. The van der Waals surface area contributed by atoms with E-state index in [1.54, 1.807) is 0 Å². The fourth-order valence-electron chi connectivity index (χ4n) is 2.64. The molecule has 1 aromatic carbocycles. The first-order valence-electron chi connectivity index (χ1n) is 7.79. The SMILES string of the molecule is C#CCCCC(NCCC)c1cc(C)c2ccccc2n1. The summed E-state index contributed by atoms with van der Waals surface area (Å²) in [6.45, 7) is 5.35. The molecule has 2 heteroatoms. The molecule has 0 saturated heterocycles. The fourth-order valence-corrected chi connectivity index (χ4v) is 2.64. The van der Waals surface area contributed by atoms with Crippen molar-refractivity contribution in [2.45, 2.75) is 45.6 Å². The van der Waals surface area contributed by atoms with Gasteiger partial charge in [0.2, 0.25) is 0 Å². The molecule has 1 aromatic heterocycles. The number of hydrogen-bond acceptors (Lipinski definition) is 2. The predicted molar refractivity (Wildman–Crippen MR) is 90.2 cm³/mol. The van der Waals surface area contributed by atoms with Crippen molar-refractivity contribution in [3.05, 3.63) is 41.6 Å². The molecule has 21 heavy (non-hydrogen) atoms. The molecule has 0 saturated carbocycles. The van der Waals surface area contributed by atoms with Crippen LogP contribution in [0, 0.1) is 19.3 Å². The van der Waals surface area contributed by atoms with Gasteiger partial charge in [-0.1, -0.05) is 25.1 Å². The van der Waals surface area contributed by atoms with Gasteiger partial charge in [-0.3, -0.25) is 4.98 Å². The van der Waals surface area contributed by atoms with Crippen LogP contribution in [0.15, 0.2) is 30.3 Å². The minimum atomic E-state index is 0.293. The third-order valence-corrected chi connectivity index (χ3v) is 3.75. The molecule has 0 bridgehead atoms. The Labute approximate surface area is 128 Å². The second-order valence-electron chi connectivity index (χ2n) is 5.48. The predicted octanol–water partition coefficient (Wildman–Crippen LogP) is 4.39. The van der Waals surface area contributed by atoms with Gasteiger partial charge in [0.05, 0.1) is 11.2 Å². The van der Waals surface area contributed by atoms with E-state index in [0.717, 1.165) is 43.4 Å². The van der Waals surface area contributed by atoms with Gasteiger partial charge in [-0.2, -0.15) is 0 Å². The standard InChI is InChI=1S/C19H24N2/c1-4-6-7-12-18(20-13-5-2)19-14-15(3)16-10-8-9-11-17(16)21-19/h1,8-11,14,18,20H,5-7,12-13H2,2-3H3. The van der Waals surface area contributed by atoms with Gasteiger partial charge in [0.25, 0.3) is 0 Å². The van der Waals surface area contributed by atoms with Crippen molar-refractivity contribution in [2.24, 2.45) is 0 Å². The molecule has 1 heterocycles. The molecular weight excluding hydrogens is 256 g/mol. The van der Waals surface area contributed by atoms with Crippen molar-refractivity contribution >= 4 is 10.9 Å². The molecule has 110 valence electrons. The molecule has 0 aliphatic heterocycles. The van der Waals surface area contributed by atoms with Crippen molar-refractivity contribution in [1.29, 1.82) is 0 Å². The Morgan fingerprint density at radius 2 is 2.14 bits per heavy atom. The summed E-state index contributed by atoms with van der Waals surface area (Å²) in [7, 11) is 0. The Kier molecular flexibility index (Phi) is 5.78. The summed E-state index contributed by atoms with van der Waals surface area (Å²) in [5.74, 6) is 2.72. The monoisotopic (exact) mass is 280 g/mol. The second kappa shape index (κ2) is 7.81. The van der Waals surface area contributed by atoms with Crippen LogP contribution in [0.1, 0.15) is 49.9 Å². The smallest absolute Gasteiger partial charge is 0.0708 e. The Bertz CT molecular complexity index is 625. The molecule has 0 fully saturated rings. The van der Waals surface area contributed by atoms with Crippen LogP contribution in [-0.2, 0) is 0 Å². The van der Waals surface area contributed by atoms with E-state index in [-0.39, 0.29) is 0 Å². The highest BCUT2D eigenvalue weighted by atomic mass is 14.9. The molecule has 0 aliphatic rings. The number of nitrogens with one attached hydrogen (secondary N) is 1. The number of unbranched alkanes of at least 4 members (excludes halogenated alkanes) is 1. The van der Waals surface area contributed by atoms with Crippen LogP contribution in [0.25, 0.3) is 10.9 Å². The molecule has 2 aromatic rings. The summed E-state index contributed by atoms with van der Waals surface area (Å²) < 4.78 is 0. The van der Waals surface area contributed by atoms with Gasteiger partial charge in [0, 0.05) is 17.8 Å². The van der Waals surface area contributed by atoms with Crippen LogP contribution in [0.2, 0.25) is 0 Å². The number of aromatic nitrogens is 1. The third-order valence-electron chi connectivity index (χ3n) is 3.75. The van der Waals surface area contributed by atoms with Gasteiger partial charge in [-0.05, 0) is 50.4 Å². The summed E-state index contributed by atoms with van der Waals surface area (Å²) >= 11 is 0. The Morgan fingerprint density at radius 3 is 2.90 bits per heavy atom. The van der Waals surface area contributed by atoms with Gasteiger partial charge in [-0.15, -0.1) is 12.3 Å². The van der Waals surface area contributed by atoms with Crippen LogP contribution < -0.4 is 5.32 Å². The molecule has 0 spiro atoms. The van der Waals surface area contributed by atoms with Crippen molar-refractivity contribution < 1.29 is 0 Å². The van der Waals surface area contributed by atoms with Gasteiger partial charge in [0.15, 0.2) is 0 Å². The van der Waals surface area contributed by atoms with E-state index in [0.29, 0.717) is 6.04 Å². The molecule has 1 unspecified atom stereocenters. The fraction of sp³-hybridized carbons (Fsp3) is 0.421. The number of terminal acetylenes is 1. The Balaban J connectivity index is 2.27. The van der Waals surface area contributed by atoms with E-state index in [9.17, 15) is 0 Å². The Morgan fingerprint density at radius 1 is 1.33 bits per heavy atom. The van der Waals surface area contributed by atoms with E-state index in [1.807, 2.05) is 6.07 Å². The highest BCUT2D eigenvalue weighted by molar-refractivity contribution is 5.82. The lowest BCUT2D eigenvalue weighted by atomic mass is 10.0. The van der Waals surface area contributed by atoms with E-state index in [1.165, 1.54) is 10.9 Å². The summed E-state index contributed by atoms with van der Waals surface area (Å²) in [4.78, 5) is 4.85. The lowest BCUT2D eigenvalue weighted by Crippen LogP contribution is -2.23. The van der Waals surface area contributed by atoms with E-state index in [4.69, 9.17) is 11.4 Å². The maximum Gasteiger partial charge on any atom is 0.0708 e. The highest BCUT2D eigenvalue weighted by Crippen LogP contribution is 2.23. The first-order valence-corrected chi connectivity index (χ1v) is 7.79. The van der Waals surface area contributed by atoms with Crippen LogP contribution in [0.5, 0.6) is 0 Å². The van der Waals surface area contributed by atoms with Crippen LogP contribution in [0.3, 0.4) is 0 Å². The normalized spacial score (nSPS) is 12.2. The van der Waals surface area contributed by atoms with E-state index in [2.05, 4.69) is 49.4 Å². The average molecular weight is 280 g/mol. The van der Waals surface area contributed by atoms with Gasteiger partial charge >= 0.3 is 0 Å². The topological polar surface area (TPSA) is 24.9 Å². The summed E-state index contributed by atoms with van der Waals surface area (Å²) in [5.41, 5.74) is 3.50. The number of hydrogen-bond donors (Lipinski definition) is 1. The second-order valence-corrected chi connectivity index (χ2v) is 5.48. The zero-order chi connectivity index (χ0) is 15.1. The van der Waals surface area contributed by atoms with E-state index >= 15 is 0 Å². The molecule has 0 radical (unpaired) electrons. The quantitative estimate of drug-likeness (QED) is 0.601. The van der Waals surface area contributed by atoms with Crippen molar-refractivity contribution in [1.82, 2.24) is 10.3 Å². The van der Waals surface area contributed by atoms with Gasteiger partial charge in [-0.25, -0.2) is 0 Å².